The second-order valence-corrected chi connectivity index (χ2v) is 6.50. The van der Waals surface area contributed by atoms with Gasteiger partial charge in [-0.2, -0.15) is 0 Å². The van der Waals surface area contributed by atoms with E-state index in [-0.39, 0.29) is 29.6 Å². The number of hydrogen-bond donors (Lipinski definition) is 1. The molecule has 3 atom stereocenters. The van der Waals surface area contributed by atoms with Gasteiger partial charge in [0.05, 0.1) is 18.4 Å². The maximum Gasteiger partial charge on any atom is 0.326 e. The fourth-order valence-corrected chi connectivity index (χ4v) is 3.01. The van der Waals surface area contributed by atoms with Crippen LogP contribution in [0.2, 0.25) is 0 Å². The molecule has 2 saturated carbocycles. The molecule has 6 nitrogen and oxygen atoms in total. The Labute approximate surface area is 124 Å². The number of amides is 2. The van der Waals surface area contributed by atoms with E-state index in [0.717, 1.165) is 12.8 Å². The molecule has 0 aromatic heterocycles. The van der Waals surface area contributed by atoms with E-state index in [1.165, 1.54) is 4.90 Å². The number of ether oxygens (including phenoxy) is 1. The molecule has 0 radical (unpaired) electrons. The number of nitrogens with one attached hydrogen (secondary N) is 1. The lowest BCUT2D eigenvalue weighted by molar-refractivity contribution is -0.152. The Balaban J connectivity index is 1.62. The van der Waals surface area contributed by atoms with Crippen molar-refractivity contribution in [1.29, 1.82) is 0 Å². The van der Waals surface area contributed by atoms with Crippen molar-refractivity contribution in [2.75, 3.05) is 13.2 Å². The van der Waals surface area contributed by atoms with E-state index in [1.54, 1.807) is 13.8 Å². The molecule has 6 heteroatoms. The Morgan fingerprint density at radius 2 is 1.95 bits per heavy atom. The number of esters is 1. The molecular weight excluding hydrogens is 272 g/mol. The summed E-state index contributed by atoms with van der Waals surface area (Å²) in [5, 5.41) is 3.30. The first kappa shape index (κ1) is 14.5. The third kappa shape index (κ3) is 2.69. The van der Waals surface area contributed by atoms with E-state index in [2.05, 4.69) is 5.32 Å². The summed E-state index contributed by atoms with van der Waals surface area (Å²) in [4.78, 5) is 37.5. The van der Waals surface area contributed by atoms with Crippen LogP contribution in [-0.2, 0) is 19.1 Å². The average molecular weight is 294 g/mol. The molecule has 0 bridgehead atoms. The molecule has 3 fully saturated rings. The minimum Gasteiger partial charge on any atom is -0.465 e. The highest BCUT2D eigenvalue weighted by Crippen LogP contribution is 2.47. The van der Waals surface area contributed by atoms with E-state index >= 15 is 0 Å². The van der Waals surface area contributed by atoms with Gasteiger partial charge >= 0.3 is 5.97 Å². The second-order valence-electron chi connectivity index (χ2n) is 6.50. The summed E-state index contributed by atoms with van der Waals surface area (Å²) in [6.45, 7) is 4.19. The van der Waals surface area contributed by atoms with Gasteiger partial charge in [0.25, 0.3) is 0 Å². The van der Waals surface area contributed by atoms with Crippen LogP contribution in [0.25, 0.3) is 0 Å². The van der Waals surface area contributed by atoms with Crippen molar-refractivity contribution in [3.63, 3.8) is 0 Å². The van der Waals surface area contributed by atoms with Crippen molar-refractivity contribution in [1.82, 2.24) is 10.2 Å². The van der Waals surface area contributed by atoms with Gasteiger partial charge in [0.15, 0.2) is 0 Å². The molecule has 21 heavy (non-hydrogen) atoms. The van der Waals surface area contributed by atoms with E-state index in [1.807, 2.05) is 0 Å². The SMILES string of the molecule is CCOC(=O)C(C)(CCN1C(=O)C2CC2C1=O)NC1CC1. The Morgan fingerprint density at radius 1 is 1.33 bits per heavy atom. The number of rotatable bonds is 7. The van der Waals surface area contributed by atoms with Gasteiger partial charge in [0, 0.05) is 12.6 Å². The number of piperidine rings is 1. The monoisotopic (exact) mass is 294 g/mol. The van der Waals surface area contributed by atoms with Crippen LogP contribution in [0, 0.1) is 11.8 Å². The summed E-state index contributed by atoms with van der Waals surface area (Å²) in [7, 11) is 0. The smallest absolute Gasteiger partial charge is 0.326 e. The van der Waals surface area contributed by atoms with E-state index in [9.17, 15) is 14.4 Å². The predicted octanol–water partition coefficient (Wildman–Crippen LogP) is 0.455. The summed E-state index contributed by atoms with van der Waals surface area (Å²) in [5.74, 6) is -0.600. The van der Waals surface area contributed by atoms with E-state index in [0.29, 0.717) is 32.0 Å². The van der Waals surface area contributed by atoms with Crippen LogP contribution in [-0.4, -0.2) is 47.4 Å². The van der Waals surface area contributed by atoms with Crippen molar-refractivity contribution in [3.05, 3.63) is 0 Å². The van der Waals surface area contributed by atoms with Crippen LogP contribution >= 0.6 is 0 Å². The van der Waals surface area contributed by atoms with Gasteiger partial charge in [0.2, 0.25) is 11.8 Å². The minimum atomic E-state index is -0.829. The van der Waals surface area contributed by atoms with Crippen LogP contribution in [0.3, 0.4) is 0 Å². The molecule has 3 aliphatic rings. The molecule has 1 saturated heterocycles. The minimum absolute atomic E-state index is 0.0670. The summed E-state index contributed by atoms with van der Waals surface area (Å²) in [6.07, 6.45) is 3.23. The molecule has 1 heterocycles. The van der Waals surface area contributed by atoms with Crippen LogP contribution in [0.15, 0.2) is 0 Å². The summed E-state index contributed by atoms with van der Waals surface area (Å²) >= 11 is 0. The number of hydrogen-bond acceptors (Lipinski definition) is 5. The fraction of sp³-hybridized carbons (Fsp3) is 0.800. The van der Waals surface area contributed by atoms with Crippen LogP contribution in [0.4, 0.5) is 0 Å². The summed E-state index contributed by atoms with van der Waals surface area (Å²) < 4.78 is 5.14. The number of fused-ring (bicyclic) bond motifs is 1. The number of carbonyl (C=O) groups is 3. The maximum atomic E-state index is 12.2. The van der Waals surface area contributed by atoms with Gasteiger partial charge in [0.1, 0.15) is 5.54 Å². The average Bonchev–Trinajstić information content (AvgIpc) is 3.32. The number of nitrogens with zero attached hydrogens (tertiary/aromatic N) is 1. The van der Waals surface area contributed by atoms with Gasteiger partial charge in [-0.05, 0) is 39.5 Å². The standard InChI is InChI=1S/C15H22N2O4/c1-3-21-14(20)15(2,16-9-4-5-9)6-7-17-12(18)10-8-11(10)13(17)19/h9-11,16H,3-8H2,1-2H3. The van der Waals surface area contributed by atoms with E-state index in [4.69, 9.17) is 4.74 Å². The number of imide groups is 1. The highest BCUT2D eigenvalue weighted by atomic mass is 16.5. The Morgan fingerprint density at radius 3 is 2.48 bits per heavy atom. The molecule has 0 aromatic carbocycles. The zero-order chi connectivity index (χ0) is 15.2. The lowest BCUT2D eigenvalue weighted by atomic mass is 9.97. The molecule has 116 valence electrons. The highest BCUT2D eigenvalue weighted by Gasteiger charge is 2.58. The van der Waals surface area contributed by atoms with E-state index < -0.39 is 5.54 Å². The largest absolute Gasteiger partial charge is 0.465 e. The van der Waals surface area contributed by atoms with Crippen molar-refractivity contribution in [3.8, 4) is 0 Å². The Hall–Kier alpha value is -1.43. The molecule has 2 aliphatic carbocycles. The molecule has 0 spiro atoms. The van der Waals surface area contributed by atoms with Crippen molar-refractivity contribution < 1.29 is 19.1 Å². The number of carbonyl (C=O) groups excluding carboxylic acids is 3. The Bertz CT molecular complexity index is 468. The van der Waals surface area contributed by atoms with Gasteiger partial charge in [-0.3, -0.25) is 24.6 Å². The Kier molecular flexibility index (Phi) is 3.51. The fourth-order valence-electron chi connectivity index (χ4n) is 3.01. The lowest BCUT2D eigenvalue weighted by Crippen LogP contribution is -2.53. The van der Waals surface area contributed by atoms with Gasteiger partial charge in [-0.1, -0.05) is 0 Å². The first-order valence-electron chi connectivity index (χ1n) is 7.76. The molecule has 3 rings (SSSR count). The second kappa shape index (κ2) is 5.09. The third-order valence-electron chi connectivity index (χ3n) is 4.62. The summed E-state index contributed by atoms with van der Waals surface area (Å²) in [6, 6.07) is 0.345. The molecule has 3 unspecified atom stereocenters. The molecule has 1 N–H and O–H groups in total. The first-order chi connectivity index (χ1) is 9.96. The highest BCUT2D eigenvalue weighted by molar-refractivity contribution is 6.08. The zero-order valence-corrected chi connectivity index (χ0v) is 12.6. The normalized spacial score (nSPS) is 30.1. The predicted molar refractivity (Wildman–Crippen MR) is 74.1 cm³/mol. The lowest BCUT2D eigenvalue weighted by Gasteiger charge is -2.30. The molecular formula is C15H22N2O4. The van der Waals surface area contributed by atoms with Crippen molar-refractivity contribution in [2.45, 2.75) is 51.1 Å². The number of likely N-dealkylation sites (tertiary alicyclic amines) is 1. The topological polar surface area (TPSA) is 75.7 Å². The van der Waals surface area contributed by atoms with Crippen molar-refractivity contribution in [2.24, 2.45) is 11.8 Å². The first-order valence-corrected chi connectivity index (χ1v) is 7.76. The van der Waals surface area contributed by atoms with Crippen LogP contribution < -0.4 is 5.32 Å². The maximum absolute atomic E-state index is 12.2. The van der Waals surface area contributed by atoms with Crippen molar-refractivity contribution >= 4 is 17.8 Å². The van der Waals surface area contributed by atoms with Crippen LogP contribution in [0.5, 0.6) is 0 Å². The van der Waals surface area contributed by atoms with Gasteiger partial charge in [-0.25, -0.2) is 0 Å². The third-order valence-corrected chi connectivity index (χ3v) is 4.62. The van der Waals surface area contributed by atoms with Crippen LogP contribution in [0.1, 0.15) is 39.5 Å². The molecule has 0 aromatic rings. The summed E-state index contributed by atoms with van der Waals surface area (Å²) in [5.41, 5.74) is -0.829. The zero-order valence-electron chi connectivity index (χ0n) is 12.6. The van der Waals surface area contributed by atoms with Gasteiger partial charge < -0.3 is 4.74 Å². The molecule has 2 amide bonds. The quantitative estimate of drug-likeness (QED) is 0.545. The molecule has 1 aliphatic heterocycles. The van der Waals surface area contributed by atoms with Gasteiger partial charge in [-0.15, -0.1) is 0 Å².